The van der Waals surface area contributed by atoms with Crippen molar-refractivity contribution in [1.29, 1.82) is 0 Å². The molecule has 0 spiro atoms. The van der Waals surface area contributed by atoms with Crippen LogP contribution in [0.1, 0.15) is 29.5 Å². The van der Waals surface area contributed by atoms with Gasteiger partial charge in [-0.15, -0.1) is 0 Å². The van der Waals surface area contributed by atoms with E-state index in [1.165, 1.54) is 16.4 Å². The summed E-state index contributed by atoms with van der Waals surface area (Å²) in [7, 11) is -3.76. The smallest absolute Gasteiger partial charge is 0.243 e. The first-order valence-corrected chi connectivity index (χ1v) is 11.4. The summed E-state index contributed by atoms with van der Waals surface area (Å²) in [5, 5.41) is 5.42. The van der Waals surface area contributed by atoms with Crippen molar-refractivity contribution in [3.05, 3.63) is 59.2 Å². The highest BCUT2D eigenvalue weighted by Crippen LogP contribution is 2.26. The second-order valence-corrected chi connectivity index (χ2v) is 9.52. The number of hydrogen-bond donors (Lipinski definition) is 2. The Kier molecular flexibility index (Phi) is 6.58. The Balaban J connectivity index is 1.64. The summed E-state index contributed by atoms with van der Waals surface area (Å²) in [4.78, 5) is 25.2. The van der Waals surface area contributed by atoms with Crippen molar-refractivity contribution in [2.75, 3.05) is 18.4 Å². The van der Waals surface area contributed by atoms with Crippen LogP contribution in [0.15, 0.2) is 47.4 Å². The van der Waals surface area contributed by atoms with E-state index in [1.54, 1.807) is 18.2 Å². The third kappa shape index (κ3) is 4.71. The van der Waals surface area contributed by atoms with E-state index < -0.39 is 22.0 Å². The number of benzene rings is 2. The number of sulfonamides is 1. The maximum Gasteiger partial charge on any atom is 0.243 e. The van der Waals surface area contributed by atoms with Gasteiger partial charge in [0.25, 0.3) is 0 Å². The minimum absolute atomic E-state index is 0.160. The summed E-state index contributed by atoms with van der Waals surface area (Å²) >= 11 is 0. The highest BCUT2D eigenvalue weighted by Gasteiger charge is 2.39. The molecule has 0 saturated carbocycles. The average Bonchev–Trinajstić information content (AvgIpc) is 3.20. The highest BCUT2D eigenvalue weighted by atomic mass is 32.2. The molecule has 8 heteroatoms. The molecule has 2 aromatic carbocycles. The molecule has 2 aromatic rings. The Morgan fingerprint density at radius 2 is 1.70 bits per heavy atom. The third-order valence-corrected chi connectivity index (χ3v) is 7.14. The molecule has 1 atom stereocenters. The molecule has 1 fully saturated rings. The number of carbonyl (C=O) groups excluding carboxylic acids is 2. The van der Waals surface area contributed by atoms with Gasteiger partial charge in [0.2, 0.25) is 21.8 Å². The molecule has 1 unspecified atom stereocenters. The lowest BCUT2D eigenvalue weighted by Gasteiger charge is -2.23. The number of nitrogens with zero attached hydrogens (tertiary/aromatic N) is 1. The molecule has 7 nitrogen and oxygen atoms in total. The van der Waals surface area contributed by atoms with Crippen LogP contribution < -0.4 is 10.6 Å². The first-order valence-electron chi connectivity index (χ1n) is 9.92. The fourth-order valence-electron chi connectivity index (χ4n) is 3.86. The largest absolute Gasteiger partial charge is 0.346 e. The zero-order valence-corrected chi connectivity index (χ0v) is 18.3. The summed E-state index contributed by atoms with van der Waals surface area (Å²) < 4.78 is 27.0. The Morgan fingerprint density at radius 1 is 1.07 bits per heavy atom. The van der Waals surface area contributed by atoms with Gasteiger partial charge in [0.15, 0.2) is 0 Å². The fourth-order valence-corrected chi connectivity index (χ4v) is 5.54. The normalized spacial score (nSPS) is 17.0. The molecule has 1 aliphatic heterocycles. The Labute approximate surface area is 177 Å². The monoisotopic (exact) mass is 429 g/mol. The van der Waals surface area contributed by atoms with Gasteiger partial charge in [-0.1, -0.05) is 35.9 Å². The van der Waals surface area contributed by atoms with Crippen LogP contribution in [0.4, 0.5) is 5.69 Å². The van der Waals surface area contributed by atoms with E-state index in [-0.39, 0.29) is 23.9 Å². The quantitative estimate of drug-likeness (QED) is 0.738. The third-order valence-electron chi connectivity index (χ3n) is 5.22. The number of hydrogen-bond acceptors (Lipinski definition) is 4. The molecule has 3 rings (SSSR count). The Bertz CT molecular complexity index is 1030. The van der Waals surface area contributed by atoms with Crippen molar-refractivity contribution in [2.24, 2.45) is 0 Å². The minimum Gasteiger partial charge on any atom is -0.346 e. The first-order chi connectivity index (χ1) is 14.2. The molecule has 2 amide bonds. The van der Waals surface area contributed by atoms with Gasteiger partial charge in [-0.3, -0.25) is 9.59 Å². The summed E-state index contributed by atoms with van der Waals surface area (Å²) in [6, 6.07) is 11.2. The number of anilines is 1. The Morgan fingerprint density at radius 3 is 2.33 bits per heavy atom. The van der Waals surface area contributed by atoms with E-state index in [0.29, 0.717) is 12.8 Å². The molecule has 0 radical (unpaired) electrons. The maximum absolute atomic E-state index is 12.9. The van der Waals surface area contributed by atoms with Crippen molar-refractivity contribution in [1.82, 2.24) is 9.62 Å². The summed E-state index contributed by atoms with van der Waals surface area (Å²) in [5.74, 6) is -0.812. The van der Waals surface area contributed by atoms with Gasteiger partial charge in [-0.2, -0.15) is 4.31 Å². The van der Waals surface area contributed by atoms with Crippen LogP contribution in [0.25, 0.3) is 0 Å². The van der Waals surface area contributed by atoms with Crippen LogP contribution in [0.3, 0.4) is 0 Å². The van der Waals surface area contributed by atoms with E-state index in [0.717, 1.165) is 22.4 Å². The molecule has 1 saturated heterocycles. The van der Waals surface area contributed by atoms with Gasteiger partial charge < -0.3 is 10.6 Å². The van der Waals surface area contributed by atoms with Gasteiger partial charge in [0.1, 0.15) is 6.04 Å². The predicted molar refractivity (Wildman–Crippen MR) is 116 cm³/mol. The number of rotatable bonds is 6. The van der Waals surface area contributed by atoms with Crippen molar-refractivity contribution < 1.29 is 18.0 Å². The van der Waals surface area contributed by atoms with Crippen molar-refractivity contribution in [3.8, 4) is 0 Å². The maximum atomic E-state index is 12.9. The van der Waals surface area contributed by atoms with Crippen molar-refractivity contribution in [2.45, 2.75) is 44.6 Å². The summed E-state index contributed by atoms with van der Waals surface area (Å²) in [5.41, 5.74) is 3.73. The number of aryl methyl sites for hydroxylation is 3. The van der Waals surface area contributed by atoms with Crippen LogP contribution in [-0.2, 0) is 19.6 Å². The van der Waals surface area contributed by atoms with Gasteiger partial charge in [-0.25, -0.2) is 8.42 Å². The number of nitrogens with one attached hydrogen (secondary N) is 2. The van der Waals surface area contributed by atoms with Crippen molar-refractivity contribution >= 4 is 27.5 Å². The highest BCUT2D eigenvalue weighted by molar-refractivity contribution is 7.89. The molecule has 0 bridgehead atoms. The fraction of sp³-hybridized carbons (Fsp3) is 0.364. The zero-order chi connectivity index (χ0) is 21.9. The van der Waals surface area contributed by atoms with E-state index in [9.17, 15) is 18.0 Å². The SMILES string of the molecule is Cc1cc(C)c(NC(=O)CNC(=O)C2CCCN2S(=O)(=O)c2ccccc2)c(C)c1. The lowest BCUT2D eigenvalue weighted by Crippen LogP contribution is -2.47. The molecule has 1 heterocycles. The standard InChI is InChI=1S/C22H27N3O4S/c1-15-12-16(2)21(17(3)13-15)24-20(26)14-23-22(27)19-10-7-11-25(19)30(28,29)18-8-5-4-6-9-18/h4-6,8-9,12-13,19H,7,10-11,14H2,1-3H3,(H,23,27)(H,24,26). The van der Waals surface area contributed by atoms with Crippen molar-refractivity contribution in [3.63, 3.8) is 0 Å². The molecule has 2 N–H and O–H groups in total. The molecule has 1 aliphatic rings. The molecule has 0 aliphatic carbocycles. The first kappa shape index (κ1) is 22.0. The van der Waals surface area contributed by atoms with Crippen LogP contribution >= 0.6 is 0 Å². The topological polar surface area (TPSA) is 95.6 Å². The van der Waals surface area contributed by atoms with Crippen LogP contribution in [-0.4, -0.2) is 43.7 Å². The number of carbonyl (C=O) groups is 2. The summed E-state index contributed by atoms with van der Waals surface area (Å²) in [6.45, 7) is 5.88. The van der Waals surface area contributed by atoms with E-state index in [4.69, 9.17) is 0 Å². The van der Waals surface area contributed by atoms with E-state index >= 15 is 0 Å². The molecular formula is C22H27N3O4S. The van der Waals surface area contributed by atoms with Crippen LogP contribution in [0, 0.1) is 20.8 Å². The molecule has 160 valence electrons. The number of amides is 2. The predicted octanol–water partition coefficient (Wildman–Crippen LogP) is 2.52. The summed E-state index contributed by atoms with van der Waals surface area (Å²) in [6.07, 6.45) is 1.02. The second kappa shape index (κ2) is 8.97. The second-order valence-electron chi connectivity index (χ2n) is 7.63. The van der Waals surface area contributed by atoms with Gasteiger partial charge in [0, 0.05) is 12.2 Å². The molecule has 0 aromatic heterocycles. The van der Waals surface area contributed by atoms with Gasteiger partial charge >= 0.3 is 0 Å². The Hall–Kier alpha value is -2.71. The van der Waals surface area contributed by atoms with Crippen LogP contribution in [0.2, 0.25) is 0 Å². The zero-order valence-electron chi connectivity index (χ0n) is 17.4. The van der Waals surface area contributed by atoms with E-state index in [2.05, 4.69) is 10.6 Å². The van der Waals surface area contributed by atoms with Gasteiger partial charge in [-0.05, 0) is 56.9 Å². The molecule has 30 heavy (non-hydrogen) atoms. The van der Waals surface area contributed by atoms with E-state index in [1.807, 2.05) is 32.9 Å². The van der Waals surface area contributed by atoms with Crippen LogP contribution in [0.5, 0.6) is 0 Å². The minimum atomic E-state index is -3.76. The molecular weight excluding hydrogens is 402 g/mol. The van der Waals surface area contributed by atoms with Gasteiger partial charge in [0.05, 0.1) is 11.4 Å². The lowest BCUT2D eigenvalue weighted by atomic mass is 10.1. The lowest BCUT2D eigenvalue weighted by molar-refractivity contribution is -0.126. The average molecular weight is 430 g/mol.